The molecule has 2 aromatic rings. The smallest absolute Gasteiger partial charge is 0.131 e. The number of aryl methyl sites for hydroxylation is 1. The number of benzene rings is 1. The van der Waals surface area contributed by atoms with E-state index >= 15 is 0 Å². The van der Waals surface area contributed by atoms with Crippen molar-refractivity contribution >= 4 is 23.2 Å². The van der Waals surface area contributed by atoms with Gasteiger partial charge in [0.15, 0.2) is 0 Å². The average molecular weight is 287 g/mol. The molecule has 1 atom stereocenters. The molecular weight excluding hydrogens is 275 g/mol. The van der Waals surface area contributed by atoms with Crippen molar-refractivity contribution in [2.75, 3.05) is 6.61 Å². The molecule has 0 aliphatic rings. The lowest BCUT2D eigenvalue weighted by Crippen LogP contribution is -2.14. The molecule has 0 spiro atoms. The number of aliphatic hydroxyl groups is 1. The first kappa shape index (κ1) is 13.2. The highest BCUT2D eigenvalue weighted by Gasteiger charge is 2.17. The molecule has 4 nitrogen and oxygen atoms in total. The van der Waals surface area contributed by atoms with Crippen molar-refractivity contribution in [3.05, 3.63) is 46.2 Å². The number of hydrogen-bond acceptors (Lipinski definition) is 3. The zero-order valence-electron chi connectivity index (χ0n) is 9.68. The van der Waals surface area contributed by atoms with Crippen LogP contribution in [0.3, 0.4) is 0 Å². The van der Waals surface area contributed by atoms with Gasteiger partial charge in [-0.3, -0.25) is 4.68 Å². The Bertz CT molecular complexity index is 523. The van der Waals surface area contributed by atoms with Crippen LogP contribution in [-0.2, 0) is 7.05 Å². The van der Waals surface area contributed by atoms with Crippen LogP contribution in [0.25, 0.3) is 0 Å². The molecule has 1 aromatic carbocycles. The Hall–Kier alpha value is -1.23. The summed E-state index contributed by atoms with van der Waals surface area (Å²) in [4.78, 5) is 0. The van der Waals surface area contributed by atoms with E-state index in [0.29, 0.717) is 21.5 Å². The second kappa shape index (κ2) is 5.61. The van der Waals surface area contributed by atoms with Gasteiger partial charge in [-0.15, -0.1) is 0 Å². The maximum absolute atomic E-state index is 10.00. The third-order valence-electron chi connectivity index (χ3n) is 2.46. The molecule has 1 unspecified atom stereocenters. The Morgan fingerprint density at radius 3 is 2.83 bits per heavy atom. The van der Waals surface area contributed by atoms with Crippen molar-refractivity contribution in [1.82, 2.24) is 9.78 Å². The van der Waals surface area contributed by atoms with E-state index in [0.717, 1.165) is 0 Å². The zero-order chi connectivity index (χ0) is 13.1. The normalized spacial score (nSPS) is 12.4. The third kappa shape index (κ3) is 2.96. The summed E-state index contributed by atoms with van der Waals surface area (Å²) in [5.41, 5.74) is 0.527. The fourth-order valence-electron chi connectivity index (χ4n) is 1.61. The standard InChI is InChI=1S/C12H12Cl2N2O2/c1-16-12(10(14)6-15-16)11(17)7-18-9-4-2-3-8(13)5-9/h2-6,11,17H,7H2,1H3. The van der Waals surface area contributed by atoms with E-state index in [-0.39, 0.29) is 6.61 Å². The second-order valence-corrected chi connectivity index (χ2v) is 4.63. The lowest BCUT2D eigenvalue weighted by atomic mass is 10.2. The summed E-state index contributed by atoms with van der Waals surface area (Å²) < 4.78 is 6.97. The van der Waals surface area contributed by atoms with Crippen LogP contribution < -0.4 is 4.74 Å². The molecule has 0 aliphatic heterocycles. The summed E-state index contributed by atoms with van der Waals surface area (Å²) in [6.07, 6.45) is 0.642. The molecule has 18 heavy (non-hydrogen) atoms. The molecule has 0 bridgehead atoms. The predicted octanol–water partition coefficient (Wildman–Crippen LogP) is 2.84. The summed E-state index contributed by atoms with van der Waals surface area (Å²) in [6, 6.07) is 6.98. The van der Waals surface area contributed by atoms with Gasteiger partial charge in [0.1, 0.15) is 18.5 Å². The number of aliphatic hydroxyl groups excluding tert-OH is 1. The van der Waals surface area contributed by atoms with Gasteiger partial charge in [-0.05, 0) is 18.2 Å². The van der Waals surface area contributed by atoms with Gasteiger partial charge in [0.2, 0.25) is 0 Å². The van der Waals surface area contributed by atoms with Crippen LogP contribution in [0.2, 0.25) is 10.0 Å². The highest BCUT2D eigenvalue weighted by atomic mass is 35.5. The average Bonchev–Trinajstić information content (AvgIpc) is 2.66. The monoisotopic (exact) mass is 286 g/mol. The minimum Gasteiger partial charge on any atom is -0.490 e. The number of hydrogen-bond donors (Lipinski definition) is 1. The maximum Gasteiger partial charge on any atom is 0.131 e. The van der Waals surface area contributed by atoms with Crippen LogP contribution in [-0.4, -0.2) is 21.5 Å². The van der Waals surface area contributed by atoms with E-state index in [1.165, 1.54) is 10.9 Å². The van der Waals surface area contributed by atoms with Gasteiger partial charge in [0.05, 0.1) is 16.9 Å². The molecule has 1 N–H and O–H groups in total. The molecule has 6 heteroatoms. The van der Waals surface area contributed by atoms with Gasteiger partial charge in [-0.2, -0.15) is 5.10 Å². The second-order valence-electron chi connectivity index (χ2n) is 3.79. The molecule has 0 saturated carbocycles. The number of rotatable bonds is 4. The van der Waals surface area contributed by atoms with E-state index in [4.69, 9.17) is 27.9 Å². The van der Waals surface area contributed by atoms with E-state index in [1.54, 1.807) is 31.3 Å². The molecular formula is C12H12Cl2N2O2. The highest BCUT2D eigenvalue weighted by molar-refractivity contribution is 6.31. The highest BCUT2D eigenvalue weighted by Crippen LogP contribution is 2.23. The summed E-state index contributed by atoms with van der Waals surface area (Å²) in [6.45, 7) is 0.0829. The van der Waals surface area contributed by atoms with Gasteiger partial charge in [-0.25, -0.2) is 0 Å². The van der Waals surface area contributed by atoms with Crippen molar-refractivity contribution in [3.8, 4) is 5.75 Å². The number of aromatic nitrogens is 2. The molecule has 0 saturated heterocycles. The zero-order valence-corrected chi connectivity index (χ0v) is 11.2. The van der Waals surface area contributed by atoms with Crippen molar-refractivity contribution in [2.24, 2.45) is 7.05 Å². The van der Waals surface area contributed by atoms with E-state index in [9.17, 15) is 5.11 Å². The SMILES string of the molecule is Cn1ncc(Cl)c1C(O)COc1cccc(Cl)c1. The molecule has 0 aliphatic carbocycles. The molecule has 0 fully saturated rings. The fraction of sp³-hybridized carbons (Fsp3) is 0.250. The Morgan fingerprint density at radius 2 is 2.22 bits per heavy atom. The predicted molar refractivity (Wildman–Crippen MR) is 70.1 cm³/mol. The number of nitrogens with zero attached hydrogens (tertiary/aromatic N) is 2. The Kier molecular flexibility index (Phi) is 4.11. The van der Waals surface area contributed by atoms with Crippen LogP contribution in [0.4, 0.5) is 0 Å². The Balaban J connectivity index is 2.03. The molecule has 2 rings (SSSR count). The first-order valence-corrected chi connectivity index (χ1v) is 6.07. The molecule has 1 heterocycles. The summed E-state index contributed by atoms with van der Waals surface area (Å²) in [7, 11) is 1.71. The minimum atomic E-state index is -0.844. The fourth-order valence-corrected chi connectivity index (χ4v) is 2.08. The molecule has 0 amide bonds. The minimum absolute atomic E-state index is 0.0829. The van der Waals surface area contributed by atoms with Gasteiger partial charge >= 0.3 is 0 Å². The van der Waals surface area contributed by atoms with Crippen LogP contribution in [0, 0.1) is 0 Å². The van der Waals surface area contributed by atoms with Crippen LogP contribution >= 0.6 is 23.2 Å². The Morgan fingerprint density at radius 1 is 1.44 bits per heavy atom. The van der Waals surface area contributed by atoms with Crippen molar-refractivity contribution in [1.29, 1.82) is 0 Å². The van der Waals surface area contributed by atoms with E-state index in [2.05, 4.69) is 5.10 Å². The lowest BCUT2D eigenvalue weighted by molar-refractivity contribution is 0.101. The first-order valence-electron chi connectivity index (χ1n) is 5.31. The van der Waals surface area contributed by atoms with Gasteiger partial charge in [0.25, 0.3) is 0 Å². The number of halogens is 2. The third-order valence-corrected chi connectivity index (χ3v) is 2.98. The Labute approximate surface area is 115 Å². The van der Waals surface area contributed by atoms with Crippen LogP contribution in [0.1, 0.15) is 11.8 Å². The van der Waals surface area contributed by atoms with Crippen molar-refractivity contribution < 1.29 is 9.84 Å². The van der Waals surface area contributed by atoms with Crippen molar-refractivity contribution in [2.45, 2.75) is 6.10 Å². The largest absolute Gasteiger partial charge is 0.490 e. The van der Waals surface area contributed by atoms with Gasteiger partial charge in [-0.1, -0.05) is 29.3 Å². The summed E-state index contributed by atoms with van der Waals surface area (Å²) >= 11 is 11.8. The topological polar surface area (TPSA) is 47.3 Å². The van der Waals surface area contributed by atoms with E-state index in [1.807, 2.05) is 0 Å². The molecule has 0 radical (unpaired) electrons. The van der Waals surface area contributed by atoms with Gasteiger partial charge < -0.3 is 9.84 Å². The lowest BCUT2D eigenvalue weighted by Gasteiger charge is -2.13. The first-order chi connectivity index (χ1) is 8.58. The van der Waals surface area contributed by atoms with Crippen LogP contribution in [0.15, 0.2) is 30.5 Å². The summed E-state index contributed by atoms with van der Waals surface area (Å²) in [5.74, 6) is 0.597. The summed E-state index contributed by atoms with van der Waals surface area (Å²) in [5, 5.41) is 15.0. The van der Waals surface area contributed by atoms with E-state index < -0.39 is 6.10 Å². The van der Waals surface area contributed by atoms with Crippen LogP contribution in [0.5, 0.6) is 5.75 Å². The molecule has 96 valence electrons. The molecule has 1 aromatic heterocycles. The number of ether oxygens (including phenoxy) is 1. The van der Waals surface area contributed by atoms with Gasteiger partial charge in [0, 0.05) is 12.1 Å². The quantitative estimate of drug-likeness (QED) is 0.940. The maximum atomic E-state index is 10.00. The van der Waals surface area contributed by atoms with Crippen molar-refractivity contribution in [3.63, 3.8) is 0 Å².